The molecule has 0 aliphatic carbocycles. The number of nitrogens with one attached hydrogen (secondary N) is 1. The van der Waals surface area contributed by atoms with Gasteiger partial charge in [-0.05, 0) is 42.7 Å². The molecule has 0 aliphatic heterocycles. The van der Waals surface area contributed by atoms with Gasteiger partial charge in [0.1, 0.15) is 0 Å². The van der Waals surface area contributed by atoms with E-state index < -0.39 is 5.97 Å². The van der Waals surface area contributed by atoms with Crippen LogP contribution in [0.15, 0.2) is 54.6 Å². The van der Waals surface area contributed by atoms with E-state index >= 15 is 0 Å². The van der Waals surface area contributed by atoms with Crippen LogP contribution in [0, 0.1) is 6.92 Å². The highest BCUT2D eigenvalue weighted by atomic mass is 16.5. The third-order valence-corrected chi connectivity index (χ3v) is 3.48. The maximum atomic E-state index is 11.8. The number of ether oxygens (including phenoxy) is 1. The summed E-state index contributed by atoms with van der Waals surface area (Å²) in [5.74, 6) is -0.914. The number of rotatable bonds is 6. The van der Waals surface area contributed by atoms with E-state index in [1.807, 2.05) is 55.5 Å². The van der Waals surface area contributed by atoms with Crippen molar-refractivity contribution < 1.29 is 14.3 Å². The van der Waals surface area contributed by atoms with E-state index in [-0.39, 0.29) is 12.5 Å². The lowest BCUT2D eigenvalue weighted by molar-refractivity contribution is -0.142. The number of carbonyl (C=O) groups is 2. The van der Waals surface area contributed by atoms with E-state index in [0.717, 1.165) is 17.5 Å². The molecule has 4 heteroatoms. The molecule has 0 saturated heterocycles. The molecule has 0 radical (unpaired) electrons. The molecule has 0 unspecified atom stereocenters. The molecule has 24 heavy (non-hydrogen) atoms. The van der Waals surface area contributed by atoms with E-state index in [9.17, 15) is 9.59 Å². The molecule has 0 aliphatic rings. The summed E-state index contributed by atoms with van der Waals surface area (Å²) in [6.07, 6.45) is 3.91. The fourth-order valence-electron chi connectivity index (χ4n) is 2.05. The Balaban J connectivity index is 1.78. The standard InChI is InChI=1S/C20H21NO3/c1-3-16-8-11-18(12-9-16)21-19(22)14-24-20(23)13-10-17-6-4-15(2)5-7-17/h4-13H,3,14H2,1-2H3,(H,21,22). The predicted molar refractivity (Wildman–Crippen MR) is 95.6 cm³/mol. The number of carbonyl (C=O) groups excluding carboxylic acids is 2. The van der Waals surface area contributed by atoms with Gasteiger partial charge >= 0.3 is 5.97 Å². The van der Waals surface area contributed by atoms with E-state index in [1.54, 1.807) is 6.08 Å². The van der Waals surface area contributed by atoms with E-state index in [0.29, 0.717) is 5.69 Å². The molecule has 0 saturated carbocycles. The zero-order chi connectivity index (χ0) is 17.4. The van der Waals surface area contributed by atoms with Crippen molar-refractivity contribution in [1.82, 2.24) is 0 Å². The van der Waals surface area contributed by atoms with Crippen molar-refractivity contribution in [3.8, 4) is 0 Å². The van der Waals surface area contributed by atoms with Gasteiger partial charge in [-0.15, -0.1) is 0 Å². The summed E-state index contributed by atoms with van der Waals surface area (Å²) >= 11 is 0. The molecule has 1 N–H and O–H groups in total. The second-order valence-corrected chi connectivity index (χ2v) is 5.45. The number of hydrogen-bond donors (Lipinski definition) is 1. The minimum atomic E-state index is -0.549. The van der Waals surface area contributed by atoms with Gasteiger partial charge in [0.05, 0.1) is 0 Å². The van der Waals surface area contributed by atoms with Crippen LogP contribution in [0.3, 0.4) is 0 Å². The molecule has 2 rings (SSSR count). The topological polar surface area (TPSA) is 55.4 Å². The highest BCUT2D eigenvalue weighted by Crippen LogP contribution is 2.10. The number of esters is 1. The predicted octanol–water partition coefficient (Wildman–Crippen LogP) is 3.75. The molecule has 0 aromatic heterocycles. The Morgan fingerprint density at radius 2 is 1.71 bits per heavy atom. The number of aryl methyl sites for hydroxylation is 2. The zero-order valence-corrected chi connectivity index (χ0v) is 13.9. The molecular weight excluding hydrogens is 302 g/mol. The van der Waals surface area contributed by atoms with Gasteiger partial charge in [0.2, 0.25) is 0 Å². The Labute approximate surface area is 142 Å². The highest BCUT2D eigenvalue weighted by Gasteiger charge is 2.05. The summed E-state index contributed by atoms with van der Waals surface area (Å²) in [5.41, 5.74) is 3.93. The molecule has 0 heterocycles. The third kappa shape index (κ3) is 5.72. The molecule has 2 aromatic rings. The third-order valence-electron chi connectivity index (χ3n) is 3.48. The van der Waals surface area contributed by atoms with Crippen molar-refractivity contribution in [2.75, 3.05) is 11.9 Å². The minimum Gasteiger partial charge on any atom is -0.452 e. The van der Waals surface area contributed by atoms with Crippen LogP contribution >= 0.6 is 0 Å². The first-order chi connectivity index (χ1) is 11.6. The summed E-state index contributed by atoms with van der Waals surface area (Å²) < 4.78 is 4.93. The molecule has 4 nitrogen and oxygen atoms in total. The van der Waals surface area contributed by atoms with Crippen molar-refractivity contribution >= 4 is 23.6 Å². The molecule has 124 valence electrons. The van der Waals surface area contributed by atoms with Gasteiger partial charge in [-0.2, -0.15) is 0 Å². The first-order valence-electron chi connectivity index (χ1n) is 7.87. The first kappa shape index (κ1) is 17.5. The van der Waals surface area contributed by atoms with Gasteiger partial charge in [0.15, 0.2) is 6.61 Å². The van der Waals surface area contributed by atoms with Gasteiger partial charge in [-0.1, -0.05) is 48.9 Å². The van der Waals surface area contributed by atoms with Crippen molar-refractivity contribution in [2.24, 2.45) is 0 Å². The number of anilines is 1. The smallest absolute Gasteiger partial charge is 0.331 e. The summed E-state index contributed by atoms with van der Waals surface area (Å²) in [7, 11) is 0. The molecule has 0 bridgehead atoms. The van der Waals surface area contributed by atoms with Gasteiger partial charge < -0.3 is 10.1 Å². The van der Waals surface area contributed by atoms with E-state index in [1.165, 1.54) is 11.6 Å². The Morgan fingerprint density at radius 1 is 1.04 bits per heavy atom. The molecule has 1 amide bonds. The van der Waals surface area contributed by atoms with Crippen molar-refractivity contribution in [1.29, 1.82) is 0 Å². The van der Waals surface area contributed by atoms with Crippen LogP contribution < -0.4 is 5.32 Å². The molecule has 0 fully saturated rings. The fourth-order valence-corrected chi connectivity index (χ4v) is 2.05. The second kappa shape index (κ2) is 8.67. The summed E-state index contributed by atoms with van der Waals surface area (Å²) in [5, 5.41) is 2.69. The minimum absolute atomic E-state index is 0.313. The lowest BCUT2D eigenvalue weighted by atomic mass is 10.1. The SMILES string of the molecule is CCc1ccc(NC(=O)COC(=O)C=Cc2ccc(C)cc2)cc1. The summed E-state index contributed by atoms with van der Waals surface area (Å²) in [6.45, 7) is 3.75. The molecule has 0 spiro atoms. The van der Waals surface area contributed by atoms with E-state index in [4.69, 9.17) is 4.74 Å². The average molecular weight is 323 g/mol. The molecular formula is C20H21NO3. The van der Waals surface area contributed by atoms with Crippen LogP contribution in [-0.4, -0.2) is 18.5 Å². The molecule has 0 atom stereocenters. The van der Waals surface area contributed by atoms with Gasteiger partial charge in [0.25, 0.3) is 5.91 Å². The Hall–Kier alpha value is -2.88. The van der Waals surface area contributed by atoms with Crippen LogP contribution in [-0.2, 0) is 20.7 Å². The normalized spacial score (nSPS) is 10.6. The highest BCUT2D eigenvalue weighted by molar-refractivity contribution is 5.94. The van der Waals surface area contributed by atoms with Crippen LogP contribution in [0.25, 0.3) is 6.08 Å². The monoisotopic (exact) mass is 323 g/mol. The molecule has 2 aromatic carbocycles. The fraction of sp³-hybridized carbons (Fsp3) is 0.200. The zero-order valence-electron chi connectivity index (χ0n) is 13.9. The lowest BCUT2D eigenvalue weighted by Gasteiger charge is -2.06. The number of hydrogen-bond acceptors (Lipinski definition) is 3. The van der Waals surface area contributed by atoms with Crippen LogP contribution in [0.4, 0.5) is 5.69 Å². The Morgan fingerprint density at radius 3 is 2.33 bits per heavy atom. The van der Waals surface area contributed by atoms with Crippen LogP contribution in [0.1, 0.15) is 23.6 Å². The van der Waals surface area contributed by atoms with Crippen LogP contribution in [0.5, 0.6) is 0 Å². The largest absolute Gasteiger partial charge is 0.452 e. The summed E-state index contributed by atoms with van der Waals surface area (Å²) in [6, 6.07) is 15.3. The van der Waals surface area contributed by atoms with Crippen molar-refractivity contribution in [3.05, 3.63) is 71.3 Å². The van der Waals surface area contributed by atoms with Gasteiger partial charge in [0, 0.05) is 11.8 Å². The number of amides is 1. The van der Waals surface area contributed by atoms with E-state index in [2.05, 4.69) is 12.2 Å². The lowest BCUT2D eigenvalue weighted by Crippen LogP contribution is -2.20. The summed E-state index contributed by atoms with van der Waals surface area (Å²) in [4.78, 5) is 23.4. The Bertz CT molecular complexity index is 716. The van der Waals surface area contributed by atoms with Crippen LogP contribution in [0.2, 0.25) is 0 Å². The van der Waals surface area contributed by atoms with Gasteiger partial charge in [-0.25, -0.2) is 4.79 Å². The average Bonchev–Trinajstić information content (AvgIpc) is 2.60. The maximum Gasteiger partial charge on any atom is 0.331 e. The maximum absolute atomic E-state index is 11.8. The van der Waals surface area contributed by atoms with Crippen molar-refractivity contribution in [2.45, 2.75) is 20.3 Å². The Kier molecular flexibility index (Phi) is 6.32. The van der Waals surface area contributed by atoms with Gasteiger partial charge in [-0.3, -0.25) is 4.79 Å². The van der Waals surface area contributed by atoms with Crippen molar-refractivity contribution in [3.63, 3.8) is 0 Å². The second-order valence-electron chi connectivity index (χ2n) is 5.45. The number of benzene rings is 2. The first-order valence-corrected chi connectivity index (χ1v) is 7.87. The quantitative estimate of drug-likeness (QED) is 0.650.